The van der Waals surface area contributed by atoms with Gasteiger partial charge in [-0.3, -0.25) is 0 Å². The predicted molar refractivity (Wildman–Crippen MR) is 56.2 cm³/mol. The first-order valence-corrected chi connectivity index (χ1v) is 3.77. The van der Waals surface area contributed by atoms with E-state index in [1.165, 1.54) is 0 Å². The van der Waals surface area contributed by atoms with Crippen LogP contribution in [0.1, 0.15) is 13.3 Å². The second-order valence-electron chi connectivity index (χ2n) is 1.78. The highest BCUT2D eigenvalue weighted by atomic mass is 16.4. The highest BCUT2D eigenvalue weighted by molar-refractivity contribution is 5.79. The standard InChI is InChI=1S/C4H8.2C3H4O2/c1-3-4-2;2*1-2-3(4)5/h3H,1,4H2,2H3;2*2H,1H2,(H,4,5). The molecular weight excluding hydrogens is 184 g/mol. The lowest BCUT2D eigenvalue weighted by atomic mass is 10.5. The third-order valence-corrected chi connectivity index (χ3v) is 0.638. The molecule has 0 saturated carbocycles. The minimum Gasteiger partial charge on any atom is -0.478 e. The van der Waals surface area contributed by atoms with Crippen molar-refractivity contribution in [2.75, 3.05) is 0 Å². The number of allylic oxidation sites excluding steroid dienone is 1. The lowest BCUT2D eigenvalue weighted by Gasteiger charge is -1.64. The molecule has 0 aromatic heterocycles. The molecule has 0 fully saturated rings. The van der Waals surface area contributed by atoms with Gasteiger partial charge in [0.1, 0.15) is 0 Å². The first-order chi connectivity index (χ1) is 6.45. The first kappa shape index (κ1) is 18.0. The normalized spacial score (nSPS) is 6.36. The van der Waals surface area contributed by atoms with Gasteiger partial charge in [0, 0.05) is 12.2 Å². The zero-order valence-corrected chi connectivity index (χ0v) is 8.27. The molecule has 0 aliphatic rings. The molecule has 0 aliphatic heterocycles. The predicted octanol–water partition coefficient (Wildman–Crippen LogP) is 2.10. The van der Waals surface area contributed by atoms with Crippen LogP contribution in [0.5, 0.6) is 0 Å². The van der Waals surface area contributed by atoms with Gasteiger partial charge in [-0.05, 0) is 6.42 Å². The van der Waals surface area contributed by atoms with E-state index >= 15 is 0 Å². The Morgan fingerprint density at radius 2 is 1.21 bits per heavy atom. The minimum atomic E-state index is -0.981. The van der Waals surface area contributed by atoms with Crippen LogP contribution in [0, 0.1) is 0 Å². The van der Waals surface area contributed by atoms with Crippen molar-refractivity contribution in [3.05, 3.63) is 38.0 Å². The Balaban J connectivity index is -0.000000131. The van der Waals surface area contributed by atoms with Crippen LogP contribution in [0.15, 0.2) is 38.0 Å². The molecule has 4 nitrogen and oxygen atoms in total. The molecule has 0 heterocycles. The Labute approximate surface area is 83.9 Å². The molecule has 2 N–H and O–H groups in total. The topological polar surface area (TPSA) is 74.6 Å². The SMILES string of the molecule is C=CC(=O)O.C=CC(=O)O.C=CCC. The summed E-state index contributed by atoms with van der Waals surface area (Å²) in [5, 5.41) is 15.2. The molecule has 0 aromatic carbocycles. The van der Waals surface area contributed by atoms with Gasteiger partial charge in [-0.2, -0.15) is 0 Å². The van der Waals surface area contributed by atoms with Crippen molar-refractivity contribution in [2.45, 2.75) is 13.3 Å². The summed E-state index contributed by atoms with van der Waals surface area (Å²) in [5.41, 5.74) is 0. The van der Waals surface area contributed by atoms with Crippen LogP contribution >= 0.6 is 0 Å². The van der Waals surface area contributed by atoms with Crippen LogP contribution in [0.3, 0.4) is 0 Å². The summed E-state index contributed by atoms with van der Waals surface area (Å²) in [4.78, 5) is 18.5. The third-order valence-electron chi connectivity index (χ3n) is 0.638. The van der Waals surface area contributed by atoms with Crippen LogP contribution in [-0.4, -0.2) is 22.2 Å². The Morgan fingerprint density at radius 1 is 1.07 bits per heavy atom. The zero-order valence-electron chi connectivity index (χ0n) is 8.27. The maximum atomic E-state index is 9.25. The van der Waals surface area contributed by atoms with Crippen molar-refractivity contribution in [3.63, 3.8) is 0 Å². The van der Waals surface area contributed by atoms with Gasteiger partial charge in [0.2, 0.25) is 0 Å². The van der Waals surface area contributed by atoms with Crippen molar-refractivity contribution in [1.29, 1.82) is 0 Å². The molecular formula is C10H16O4. The van der Waals surface area contributed by atoms with Gasteiger partial charge in [0.15, 0.2) is 0 Å². The van der Waals surface area contributed by atoms with Crippen molar-refractivity contribution < 1.29 is 19.8 Å². The Bertz CT molecular complexity index is 176. The number of carboxylic acid groups (broad SMARTS) is 2. The van der Waals surface area contributed by atoms with Crippen molar-refractivity contribution in [1.82, 2.24) is 0 Å². The third kappa shape index (κ3) is 85.4. The summed E-state index contributed by atoms with van der Waals surface area (Å²) in [5.74, 6) is -1.96. The van der Waals surface area contributed by atoms with E-state index in [0.717, 1.165) is 18.6 Å². The van der Waals surface area contributed by atoms with Gasteiger partial charge in [0.05, 0.1) is 0 Å². The molecule has 0 saturated heterocycles. The molecule has 0 aliphatic carbocycles. The fourth-order valence-electron chi connectivity index (χ4n) is 0. The van der Waals surface area contributed by atoms with E-state index in [9.17, 15) is 9.59 Å². The summed E-state index contributed by atoms with van der Waals surface area (Å²) >= 11 is 0. The average molecular weight is 200 g/mol. The highest BCUT2D eigenvalue weighted by Gasteiger charge is 1.73. The van der Waals surface area contributed by atoms with Crippen molar-refractivity contribution in [3.8, 4) is 0 Å². The van der Waals surface area contributed by atoms with Gasteiger partial charge in [-0.1, -0.05) is 26.2 Å². The number of hydrogen-bond donors (Lipinski definition) is 2. The highest BCUT2D eigenvalue weighted by Crippen LogP contribution is 1.66. The molecule has 0 aromatic rings. The molecule has 80 valence electrons. The van der Waals surface area contributed by atoms with Crippen LogP contribution < -0.4 is 0 Å². The second-order valence-corrected chi connectivity index (χ2v) is 1.78. The molecule has 0 bridgehead atoms. The van der Waals surface area contributed by atoms with Crippen molar-refractivity contribution in [2.24, 2.45) is 0 Å². The molecule has 0 rings (SSSR count). The molecule has 14 heavy (non-hydrogen) atoms. The number of hydrogen-bond acceptors (Lipinski definition) is 2. The molecule has 0 spiro atoms. The zero-order chi connectivity index (χ0) is 12.0. The number of aliphatic carboxylic acids is 2. The molecule has 0 amide bonds. The van der Waals surface area contributed by atoms with Gasteiger partial charge >= 0.3 is 11.9 Å². The average Bonchev–Trinajstić information content (AvgIpc) is 2.19. The largest absolute Gasteiger partial charge is 0.478 e. The van der Waals surface area contributed by atoms with Gasteiger partial charge in [-0.25, -0.2) is 9.59 Å². The summed E-state index contributed by atoms with van der Waals surface area (Å²) < 4.78 is 0. The maximum absolute atomic E-state index is 9.25. The number of carbonyl (C=O) groups is 2. The molecule has 4 heteroatoms. The number of carboxylic acids is 2. The van der Waals surface area contributed by atoms with Gasteiger partial charge in [0.25, 0.3) is 0 Å². The molecule has 0 radical (unpaired) electrons. The van der Waals surface area contributed by atoms with E-state index in [1.807, 2.05) is 6.08 Å². The Morgan fingerprint density at radius 3 is 1.21 bits per heavy atom. The second kappa shape index (κ2) is 17.3. The first-order valence-electron chi connectivity index (χ1n) is 3.77. The van der Waals surface area contributed by atoms with E-state index in [4.69, 9.17) is 10.2 Å². The Hall–Kier alpha value is -1.84. The lowest BCUT2D eigenvalue weighted by molar-refractivity contribution is -0.132. The minimum absolute atomic E-state index is 0.833. The molecule has 0 unspecified atom stereocenters. The number of rotatable bonds is 3. The van der Waals surface area contributed by atoms with E-state index in [1.54, 1.807) is 0 Å². The van der Waals surface area contributed by atoms with E-state index < -0.39 is 11.9 Å². The fraction of sp³-hybridized carbons (Fsp3) is 0.200. The van der Waals surface area contributed by atoms with Crippen molar-refractivity contribution >= 4 is 11.9 Å². The van der Waals surface area contributed by atoms with Gasteiger partial charge in [-0.15, -0.1) is 6.58 Å². The van der Waals surface area contributed by atoms with Gasteiger partial charge < -0.3 is 10.2 Å². The summed E-state index contributed by atoms with van der Waals surface area (Å²) in [6, 6.07) is 0. The van der Waals surface area contributed by atoms with E-state index in [0.29, 0.717) is 0 Å². The van der Waals surface area contributed by atoms with Crippen LogP contribution in [0.2, 0.25) is 0 Å². The van der Waals surface area contributed by atoms with Crippen LogP contribution in [0.4, 0.5) is 0 Å². The van der Waals surface area contributed by atoms with E-state index in [-0.39, 0.29) is 0 Å². The van der Waals surface area contributed by atoms with Crippen LogP contribution in [0.25, 0.3) is 0 Å². The smallest absolute Gasteiger partial charge is 0.327 e. The summed E-state index contributed by atoms with van der Waals surface area (Å²) in [7, 11) is 0. The Kier molecular flexibility index (Phi) is 22.3. The summed E-state index contributed by atoms with van der Waals surface area (Å²) in [6.07, 6.45) is 4.62. The lowest BCUT2D eigenvalue weighted by Crippen LogP contribution is -1.82. The summed E-state index contributed by atoms with van der Waals surface area (Å²) in [6.45, 7) is 11.5. The molecule has 0 atom stereocenters. The quantitative estimate of drug-likeness (QED) is 0.540. The van der Waals surface area contributed by atoms with E-state index in [2.05, 4.69) is 26.7 Å². The monoisotopic (exact) mass is 200 g/mol. The fourth-order valence-corrected chi connectivity index (χ4v) is 0. The maximum Gasteiger partial charge on any atom is 0.327 e. The van der Waals surface area contributed by atoms with Crippen LogP contribution in [-0.2, 0) is 9.59 Å².